The van der Waals surface area contributed by atoms with Crippen molar-refractivity contribution >= 4 is 17.3 Å². The quantitative estimate of drug-likeness (QED) is 0.806. The second-order valence-corrected chi connectivity index (χ2v) is 4.82. The van der Waals surface area contributed by atoms with Crippen molar-refractivity contribution < 1.29 is 4.79 Å². The lowest BCUT2D eigenvalue weighted by molar-refractivity contribution is -0.116. The first-order valence-electron chi connectivity index (χ1n) is 7.27. The number of nitrogens with zero attached hydrogens (tertiary/aromatic N) is 1. The van der Waals surface area contributed by atoms with E-state index in [4.69, 9.17) is 0 Å². The minimum absolute atomic E-state index is 0.112. The molecule has 106 valence electrons. The predicted octanol–water partition coefficient (Wildman–Crippen LogP) is 3.97. The molecular formula is C16H26N2O. The number of hydrogen-bond acceptors (Lipinski definition) is 2. The first-order valence-corrected chi connectivity index (χ1v) is 7.27. The van der Waals surface area contributed by atoms with Crippen LogP contribution in [0.4, 0.5) is 11.4 Å². The predicted molar refractivity (Wildman–Crippen MR) is 82.9 cm³/mol. The number of nitrogens with one attached hydrogen (secondary N) is 1. The fourth-order valence-electron chi connectivity index (χ4n) is 2.12. The van der Waals surface area contributed by atoms with Crippen LogP contribution in [0.15, 0.2) is 18.2 Å². The Kier molecular flexibility index (Phi) is 6.40. The summed E-state index contributed by atoms with van der Waals surface area (Å²) in [5, 5.41) is 2.99. The normalized spacial score (nSPS) is 10.3. The third-order valence-corrected chi connectivity index (χ3v) is 3.37. The minimum Gasteiger partial charge on any atom is -0.372 e. The molecule has 3 heteroatoms. The van der Waals surface area contributed by atoms with E-state index in [1.165, 1.54) is 5.69 Å². The maximum Gasteiger partial charge on any atom is 0.224 e. The van der Waals surface area contributed by atoms with Crippen LogP contribution in [0.2, 0.25) is 0 Å². The Morgan fingerprint density at radius 3 is 2.42 bits per heavy atom. The van der Waals surface area contributed by atoms with Crippen molar-refractivity contribution in [2.45, 2.75) is 47.0 Å². The van der Waals surface area contributed by atoms with E-state index in [0.717, 1.165) is 37.2 Å². The monoisotopic (exact) mass is 262 g/mol. The Morgan fingerprint density at radius 2 is 1.89 bits per heavy atom. The van der Waals surface area contributed by atoms with Crippen molar-refractivity contribution in [3.63, 3.8) is 0 Å². The molecule has 0 saturated carbocycles. The first kappa shape index (κ1) is 15.5. The van der Waals surface area contributed by atoms with Gasteiger partial charge in [0, 0.05) is 30.9 Å². The lowest BCUT2D eigenvalue weighted by atomic mass is 10.1. The lowest BCUT2D eigenvalue weighted by Crippen LogP contribution is -2.22. The van der Waals surface area contributed by atoms with Gasteiger partial charge in [0.25, 0.3) is 0 Å². The van der Waals surface area contributed by atoms with Crippen LogP contribution in [-0.4, -0.2) is 19.0 Å². The fourth-order valence-corrected chi connectivity index (χ4v) is 2.12. The van der Waals surface area contributed by atoms with E-state index in [9.17, 15) is 4.79 Å². The topological polar surface area (TPSA) is 32.3 Å². The van der Waals surface area contributed by atoms with Crippen LogP contribution in [0.5, 0.6) is 0 Å². The average Bonchev–Trinajstić information content (AvgIpc) is 2.41. The Morgan fingerprint density at radius 1 is 1.21 bits per heavy atom. The third kappa shape index (κ3) is 4.58. The van der Waals surface area contributed by atoms with Crippen LogP contribution >= 0.6 is 0 Å². The molecule has 0 aliphatic carbocycles. The van der Waals surface area contributed by atoms with Crippen molar-refractivity contribution in [3.05, 3.63) is 23.8 Å². The summed E-state index contributed by atoms with van der Waals surface area (Å²) in [6.07, 6.45) is 2.60. The van der Waals surface area contributed by atoms with Gasteiger partial charge in [0.15, 0.2) is 0 Å². The molecule has 0 unspecified atom stereocenters. The number of hydrogen-bond donors (Lipinski definition) is 1. The second kappa shape index (κ2) is 7.82. The Hall–Kier alpha value is -1.51. The smallest absolute Gasteiger partial charge is 0.224 e. The van der Waals surface area contributed by atoms with Crippen molar-refractivity contribution in [2.75, 3.05) is 23.3 Å². The Bertz CT molecular complexity index is 411. The Labute approximate surface area is 117 Å². The molecule has 0 bridgehead atoms. The number of carbonyl (C=O) groups excluding carboxylic acids is 1. The van der Waals surface area contributed by atoms with Gasteiger partial charge in [-0.25, -0.2) is 0 Å². The summed E-state index contributed by atoms with van der Waals surface area (Å²) < 4.78 is 0. The molecule has 0 aliphatic heterocycles. The lowest BCUT2D eigenvalue weighted by Gasteiger charge is -2.22. The van der Waals surface area contributed by atoms with Crippen molar-refractivity contribution in [1.29, 1.82) is 0 Å². The van der Waals surface area contributed by atoms with Crippen LogP contribution in [0.1, 0.15) is 45.6 Å². The van der Waals surface area contributed by atoms with Crippen LogP contribution in [0.25, 0.3) is 0 Å². The number of rotatable bonds is 7. The fraction of sp³-hybridized carbons (Fsp3) is 0.562. The summed E-state index contributed by atoms with van der Waals surface area (Å²) in [5.41, 5.74) is 3.26. The Balaban J connectivity index is 2.74. The summed E-state index contributed by atoms with van der Waals surface area (Å²) in [4.78, 5) is 14.0. The standard InChI is InChI=1S/C16H26N2O/c1-5-8-9-16(19)17-15-11-10-14(12-13(15)4)18(6-2)7-3/h10-12H,5-9H2,1-4H3,(H,17,19). The molecule has 0 heterocycles. The zero-order chi connectivity index (χ0) is 14.3. The minimum atomic E-state index is 0.112. The zero-order valence-electron chi connectivity index (χ0n) is 12.6. The van der Waals surface area contributed by atoms with Crippen molar-refractivity contribution in [2.24, 2.45) is 0 Å². The molecule has 1 N–H and O–H groups in total. The zero-order valence-corrected chi connectivity index (χ0v) is 12.6. The molecule has 19 heavy (non-hydrogen) atoms. The molecule has 0 spiro atoms. The first-order chi connectivity index (χ1) is 9.12. The summed E-state index contributed by atoms with van der Waals surface area (Å²) >= 11 is 0. The van der Waals surface area contributed by atoms with E-state index >= 15 is 0 Å². The highest BCUT2D eigenvalue weighted by molar-refractivity contribution is 5.91. The summed E-state index contributed by atoms with van der Waals surface area (Å²) in [6, 6.07) is 6.23. The SMILES string of the molecule is CCCCC(=O)Nc1ccc(N(CC)CC)cc1C. The van der Waals surface area contributed by atoms with Crippen LogP contribution in [-0.2, 0) is 4.79 Å². The highest BCUT2D eigenvalue weighted by atomic mass is 16.1. The van der Waals surface area contributed by atoms with E-state index in [-0.39, 0.29) is 5.91 Å². The molecule has 1 rings (SSSR count). The third-order valence-electron chi connectivity index (χ3n) is 3.37. The van der Waals surface area contributed by atoms with Crippen molar-refractivity contribution in [3.8, 4) is 0 Å². The highest BCUT2D eigenvalue weighted by Gasteiger charge is 2.07. The van der Waals surface area contributed by atoms with Crippen molar-refractivity contribution in [1.82, 2.24) is 0 Å². The number of anilines is 2. The van der Waals surface area contributed by atoms with Gasteiger partial charge in [-0.3, -0.25) is 4.79 Å². The van der Waals surface area contributed by atoms with Gasteiger partial charge < -0.3 is 10.2 Å². The van der Waals surface area contributed by atoms with Crippen LogP contribution in [0, 0.1) is 6.92 Å². The molecule has 0 fully saturated rings. The summed E-state index contributed by atoms with van der Waals surface area (Å²) in [7, 11) is 0. The van der Waals surface area contributed by atoms with E-state index in [1.807, 2.05) is 13.0 Å². The molecule has 1 amide bonds. The van der Waals surface area contributed by atoms with E-state index in [2.05, 4.69) is 43.1 Å². The molecule has 3 nitrogen and oxygen atoms in total. The molecule has 1 aromatic rings. The number of amides is 1. The van der Waals surface area contributed by atoms with Gasteiger partial charge in [0.05, 0.1) is 0 Å². The van der Waals surface area contributed by atoms with E-state index < -0.39 is 0 Å². The average molecular weight is 262 g/mol. The largest absolute Gasteiger partial charge is 0.372 e. The number of benzene rings is 1. The van der Waals surface area contributed by atoms with E-state index in [1.54, 1.807) is 0 Å². The van der Waals surface area contributed by atoms with Gasteiger partial charge in [0.2, 0.25) is 5.91 Å². The summed E-state index contributed by atoms with van der Waals surface area (Å²) in [5.74, 6) is 0.112. The molecule has 0 saturated heterocycles. The van der Waals surface area contributed by atoms with Gasteiger partial charge >= 0.3 is 0 Å². The van der Waals surface area contributed by atoms with E-state index in [0.29, 0.717) is 6.42 Å². The second-order valence-electron chi connectivity index (χ2n) is 4.82. The van der Waals surface area contributed by atoms with Gasteiger partial charge in [-0.05, 0) is 51.0 Å². The molecule has 0 aliphatic rings. The number of unbranched alkanes of at least 4 members (excludes halogenated alkanes) is 1. The maximum absolute atomic E-state index is 11.7. The number of carbonyl (C=O) groups is 1. The van der Waals surface area contributed by atoms with Crippen LogP contribution in [0.3, 0.4) is 0 Å². The maximum atomic E-state index is 11.7. The van der Waals surface area contributed by atoms with Gasteiger partial charge in [-0.1, -0.05) is 13.3 Å². The molecule has 1 aromatic carbocycles. The van der Waals surface area contributed by atoms with Gasteiger partial charge in [-0.2, -0.15) is 0 Å². The van der Waals surface area contributed by atoms with Crippen LogP contribution < -0.4 is 10.2 Å². The molecule has 0 atom stereocenters. The molecule has 0 radical (unpaired) electrons. The van der Waals surface area contributed by atoms with Gasteiger partial charge in [-0.15, -0.1) is 0 Å². The molecular weight excluding hydrogens is 236 g/mol. The summed E-state index contributed by atoms with van der Waals surface area (Å²) in [6.45, 7) is 10.4. The number of aryl methyl sites for hydroxylation is 1. The molecule has 0 aromatic heterocycles. The van der Waals surface area contributed by atoms with Gasteiger partial charge in [0.1, 0.15) is 0 Å². The highest BCUT2D eigenvalue weighted by Crippen LogP contribution is 2.22.